The maximum absolute atomic E-state index is 15.3. The molecule has 0 aromatic heterocycles. The lowest BCUT2D eigenvalue weighted by Crippen LogP contribution is -2.59. The minimum atomic E-state index is -0.641. The Balaban J connectivity index is 1.13. The predicted molar refractivity (Wildman–Crippen MR) is 233 cm³/mol. The van der Waals surface area contributed by atoms with Gasteiger partial charge in [0.1, 0.15) is 30.2 Å². The highest BCUT2D eigenvalue weighted by Gasteiger charge is 2.69. The molecule has 4 heterocycles. The molecule has 0 amide bonds. The summed E-state index contributed by atoms with van der Waals surface area (Å²) in [5.74, 6) is 0.556. The molecule has 3 aliphatic carbocycles. The largest absolute Gasteiger partial charge is 0.495 e. The molecule has 7 aliphatic rings. The van der Waals surface area contributed by atoms with Crippen LogP contribution in [0.3, 0.4) is 0 Å². The molecule has 3 unspecified atom stereocenters. The van der Waals surface area contributed by atoms with Crippen LogP contribution in [0.2, 0.25) is 0 Å². The number of Topliss-reactive ketones (excluding diaryl/α,β-unsaturated/α-hetero) is 1. The number of likely N-dealkylation sites (N-methyl/N-ethyl adjacent to an activating group) is 1. The van der Waals surface area contributed by atoms with Gasteiger partial charge in [0, 0.05) is 39.2 Å². The number of nitrogens with zero attached hydrogens (tertiary/aromatic N) is 2. The summed E-state index contributed by atoms with van der Waals surface area (Å²) in [5.41, 5.74) is 2.99. The van der Waals surface area contributed by atoms with Crippen LogP contribution >= 0.6 is 0 Å². The molecule has 19 atom stereocenters. The molecule has 4 saturated heterocycles. The van der Waals surface area contributed by atoms with E-state index < -0.39 is 18.3 Å². The van der Waals surface area contributed by atoms with Gasteiger partial charge in [0.15, 0.2) is 18.4 Å². The molecule has 346 valence electrons. The van der Waals surface area contributed by atoms with Crippen LogP contribution < -0.4 is 9.64 Å². The van der Waals surface area contributed by atoms with Gasteiger partial charge in [-0.15, -0.1) is 0 Å². The summed E-state index contributed by atoms with van der Waals surface area (Å²) in [6.07, 6.45) is 5.72. The summed E-state index contributed by atoms with van der Waals surface area (Å²) in [6.45, 7) is 10.4. The van der Waals surface area contributed by atoms with Gasteiger partial charge in [-0.05, 0) is 127 Å². The summed E-state index contributed by atoms with van der Waals surface area (Å²) < 4.78 is 56.8. The first kappa shape index (κ1) is 45.9. The van der Waals surface area contributed by atoms with Crippen LogP contribution in [0.1, 0.15) is 91.0 Å². The Morgan fingerprint density at radius 3 is 2.26 bits per heavy atom. The van der Waals surface area contributed by atoms with E-state index in [-0.39, 0.29) is 109 Å². The average Bonchev–Trinajstić information content (AvgIpc) is 3.62. The van der Waals surface area contributed by atoms with Gasteiger partial charge in [-0.3, -0.25) is 9.59 Å². The zero-order valence-corrected chi connectivity index (χ0v) is 39.0. The number of para-hydroxylation sites is 1. The molecular weight excluding hydrogens is 793 g/mol. The molecule has 1 aromatic rings. The molecule has 0 spiro atoms. The molecule has 4 aliphatic heterocycles. The van der Waals surface area contributed by atoms with Crippen LogP contribution in [0, 0.1) is 42.4 Å². The number of ketones is 1. The number of cyclic esters (lactones) is 1. The van der Waals surface area contributed by atoms with E-state index in [2.05, 4.69) is 56.8 Å². The maximum atomic E-state index is 15.3. The number of allylic oxidation sites excluding steroid dienone is 2. The van der Waals surface area contributed by atoms with Gasteiger partial charge in [-0.25, -0.2) is 0 Å². The van der Waals surface area contributed by atoms with E-state index in [0.29, 0.717) is 12.5 Å². The summed E-state index contributed by atoms with van der Waals surface area (Å²) in [6, 6.07) is 6.82. The van der Waals surface area contributed by atoms with Crippen LogP contribution in [0.5, 0.6) is 5.75 Å². The standard InChI is InChI=1S/C49H74N2O11/c1-12-29-16-14-17-37(62-40-20-19-36(50(6)7)27(4)58-40)26(3)45(53)35-23-32-31-21-30(61-49-48(57-11)47(56-10)46(55-9)28(5)59-49)22-34(31)43-44(41(32)33(35)24-39(52)60-29)51(43)42-25(2)15-13-18-38(42)54-8/h13,15,18,23,26-34,36-37,40-41,43-44,46-49H,12,14,16-17,19-22,24H2,1-11H3/t26-,27?,28?,29+,30+,31+,32+,33-,34-,36+,37+,40+,41-,43+,44-,46+,47?,48+,49+,51?/m1/s1. The van der Waals surface area contributed by atoms with Crippen molar-refractivity contribution in [2.75, 3.05) is 47.4 Å². The topological polar surface area (TPSA) is 123 Å². The molecule has 13 nitrogen and oxygen atoms in total. The third-order valence-corrected chi connectivity index (χ3v) is 16.1. The fourth-order valence-electron chi connectivity index (χ4n) is 13.1. The lowest BCUT2D eigenvalue weighted by atomic mass is 9.66. The normalized spacial score (nSPS) is 43.4. The van der Waals surface area contributed by atoms with E-state index in [1.54, 1.807) is 28.4 Å². The lowest BCUT2D eigenvalue weighted by molar-refractivity contribution is -0.314. The number of esters is 1. The van der Waals surface area contributed by atoms with E-state index in [1.807, 2.05) is 26.0 Å². The number of hydrogen-bond acceptors (Lipinski definition) is 13. The molecule has 0 radical (unpaired) electrons. The van der Waals surface area contributed by atoms with Gasteiger partial charge in [-0.2, -0.15) is 0 Å². The van der Waals surface area contributed by atoms with E-state index in [9.17, 15) is 4.79 Å². The second-order valence-electron chi connectivity index (χ2n) is 19.6. The fraction of sp³-hybridized carbons (Fsp3) is 0.796. The van der Waals surface area contributed by atoms with Crippen molar-refractivity contribution in [3.05, 3.63) is 35.4 Å². The van der Waals surface area contributed by atoms with Crippen LogP contribution in [0.4, 0.5) is 5.69 Å². The van der Waals surface area contributed by atoms with Crippen molar-refractivity contribution in [1.82, 2.24) is 4.90 Å². The first-order valence-corrected chi connectivity index (χ1v) is 23.6. The Morgan fingerprint density at radius 2 is 1.58 bits per heavy atom. The number of fused-ring (bicyclic) bond motifs is 8. The van der Waals surface area contributed by atoms with Crippen molar-refractivity contribution in [2.45, 2.75) is 172 Å². The number of ether oxygens (including phenoxy) is 9. The number of rotatable bonds is 11. The molecule has 13 heteroatoms. The number of methoxy groups -OCH3 is 4. The highest BCUT2D eigenvalue weighted by molar-refractivity contribution is 5.99. The Hall–Kier alpha value is -2.62. The van der Waals surface area contributed by atoms with Crippen LogP contribution in [0.25, 0.3) is 0 Å². The SMILES string of the molecule is CC[C@H]1CCC[C@H](O[C@H]2CC[C@H](N(C)C)C(C)O2)[C@@H](C)C(=O)C2=C[C@H]3[C@@H]4C[C@H](O[C@@H]5OC(C)[C@H](OC)C(OC)[C@@H]5OC)C[C@H]4[C@H]4[C@@H]([C@H]3[C@@H]2CC(=O)O1)N4c1c(C)cccc1OC. The molecule has 0 N–H and O–H groups in total. The molecular formula is C49H74N2O11. The summed E-state index contributed by atoms with van der Waals surface area (Å²) in [5, 5.41) is 0. The maximum Gasteiger partial charge on any atom is 0.306 e. The van der Waals surface area contributed by atoms with E-state index in [4.69, 9.17) is 42.6 Å². The summed E-state index contributed by atoms with van der Waals surface area (Å²) in [7, 11) is 10.9. The van der Waals surface area contributed by atoms with Crippen LogP contribution in [0.15, 0.2) is 29.8 Å². The quantitative estimate of drug-likeness (QED) is 0.178. The second-order valence-corrected chi connectivity index (χ2v) is 19.6. The Labute approximate surface area is 369 Å². The van der Waals surface area contributed by atoms with Crippen molar-refractivity contribution in [1.29, 1.82) is 0 Å². The van der Waals surface area contributed by atoms with E-state index >= 15 is 4.79 Å². The zero-order valence-electron chi connectivity index (χ0n) is 39.0. The minimum Gasteiger partial charge on any atom is -0.495 e. The first-order chi connectivity index (χ1) is 29.8. The Morgan fingerprint density at radius 1 is 0.839 bits per heavy atom. The highest BCUT2D eigenvalue weighted by atomic mass is 16.7. The van der Waals surface area contributed by atoms with Gasteiger partial charge in [0.2, 0.25) is 0 Å². The van der Waals surface area contributed by atoms with Crippen LogP contribution in [-0.2, 0) is 47.5 Å². The Kier molecular flexibility index (Phi) is 14.1. The number of anilines is 1. The number of aryl methyl sites for hydroxylation is 1. The molecule has 62 heavy (non-hydrogen) atoms. The monoisotopic (exact) mass is 867 g/mol. The third kappa shape index (κ3) is 8.51. The number of benzene rings is 1. The number of carbonyl (C=O) groups excluding carboxylic acids is 2. The fourth-order valence-corrected chi connectivity index (χ4v) is 13.1. The smallest absolute Gasteiger partial charge is 0.306 e. The highest BCUT2D eigenvalue weighted by Crippen LogP contribution is 2.66. The van der Waals surface area contributed by atoms with E-state index in [0.717, 1.165) is 67.5 Å². The van der Waals surface area contributed by atoms with Gasteiger partial charge in [0.05, 0.1) is 55.7 Å². The zero-order chi connectivity index (χ0) is 44.1. The predicted octanol–water partition coefficient (Wildman–Crippen LogP) is 6.51. The summed E-state index contributed by atoms with van der Waals surface area (Å²) in [4.78, 5) is 34.2. The second kappa shape index (κ2) is 19.1. The lowest BCUT2D eigenvalue weighted by Gasteiger charge is -2.44. The molecule has 8 rings (SSSR count). The van der Waals surface area contributed by atoms with Crippen molar-refractivity contribution in [3.8, 4) is 5.75 Å². The van der Waals surface area contributed by atoms with Gasteiger partial charge < -0.3 is 52.4 Å². The molecule has 6 fully saturated rings. The minimum absolute atomic E-state index is 0.0144. The summed E-state index contributed by atoms with van der Waals surface area (Å²) >= 11 is 0. The van der Waals surface area contributed by atoms with Crippen molar-refractivity contribution < 1.29 is 52.2 Å². The van der Waals surface area contributed by atoms with Gasteiger partial charge in [-0.1, -0.05) is 32.1 Å². The number of hydrogen-bond donors (Lipinski definition) is 0. The third-order valence-electron chi connectivity index (χ3n) is 16.1. The van der Waals surface area contributed by atoms with Crippen molar-refractivity contribution in [3.63, 3.8) is 0 Å². The number of carbonyl (C=O) groups is 2. The molecule has 2 saturated carbocycles. The molecule has 1 aromatic carbocycles. The van der Waals surface area contributed by atoms with Gasteiger partial charge in [0.25, 0.3) is 0 Å². The Bertz CT molecular complexity index is 1770. The van der Waals surface area contributed by atoms with Crippen molar-refractivity contribution >= 4 is 17.4 Å². The average molecular weight is 867 g/mol. The molecule has 0 bridgehead atoms. The van der Waals surface area contributed by atoms with Gasteiger partial charge >= 0.3 is 5.97 Å². The van der Waals surface area contributed by atoms with Crippen LogP contribution in [-0.4, -0.2) is 139 Å². The van der Waals surface area contributed by atoms with Crippen molar-refractivity contribution in [2.24, 2.45) is 35.5 Å². The van der Waals surface area contributed by atoms with E-state index in [1.165, 1.54) is 0 Å². The first-order valence-electron chi connectivity index (χ1n) is 23.6.